The van der Waals surface area contributed by atoms with Crippen molar-refractivity contribution in [3.05, 3.63) is 57.3 Å². The lowest BCUT2D eigenvalue weighted by molar-refractivity contribution is -0.376. The largest absolute Gasteiger partial charge is 0.496 e. The molecule has 0 amide bonds. The highest BCUT2D eigenvalue weighted by Gasteiger charge is 2.71. The Labute approximate surface area is 175 Å². The Balaban J connectivity index is 1.92. The van der Waals surface area contributed by atoms with Crippen LogP contribution in [-0.4, -0.2) is 35.3 Å². The third kappa shape index (κ3) is 3.68. The van der Waals surface area contributed by atoms with Crippen molar-refractivity contribution in [2.45, 2.75) is 30.8 Å². The van der Waals surface area contributed by atoms with Crippen molar-refractivity contribution in [2.75, 3.05) is 7.11 Å². The Kier molecular flexibility index (Phi) is 5.65. The topological polar surface area (TPSA) is 59.4 Å². The number of aromatic nitrogens is 1. The van der Waals surface area contributed by atoms with Gasteiger partial charge in [0.2, 0.25) is 0 Å². The first kappa shape index (κ1) is 22.5. The molecule has 0 spiro atoms. The number of rotatable bonds is 4. The summed E-state index contributed by atoms with van der Waals surface area (Å²) in [5.41, 5.74) is -5.48. The fourth-order valence-electron chi connectivity index (χ4n) is 3.46. The van der Waals surface area contributed by atoms with Gasteiger partial charge in [0.05, 0.1) is 11.6 Å². The number of carbonyl (C=O) groups excluding carboxylic acids is 1. The molecule has 1 N–H and O–H groups in total. The molecule has 162 valence electrons. The molecule has 1 unspecified atom stereocenters. The fraction of sp³-hybridized carbons (Fsp3) is 0.368. The van der Waals surface area contributed by atoms with E-state index >= 15 is 0 Å². The number of hydrogen-bond acceptors (Lipinski definition) is 4. The predicted octanol–water partition coefficient (Wildman–Crippen LogP) is 4.76. The summed E-state index contributed by atoms with van der Waals surface area (Å²) in [5, 5.41) is 9.55. The summed E-state index contributed by atoms with van der Waals surface area (Å²) >= 11 is 3.30. The predicted molar refractivity (Wildman–Crippen MR) is 96.2 cm³/mol. The van der Waals surface area contributed by atoms with Crippen molar-refractivity contribution in [3.8, 4) is 5.75 Å². The van der Waals surface area contributed by atoms with Crippen molar-refractivity contribution >= 4 is 21.7 Å². The Morgan fingerprint density at radius 3 is 2.33 bits per heavy atom. The summed E-state index contributed by atoms with van der Waals surface area (Å²) in [6, 6.07) is 3.80. The van der Waals surface area contributed by atoms with Crippen LogP contribution in [0.1, 0.15) is 27.0 Å². The van der Waals surface area contributed by atoms with Gasteiger partial charge >= 0.3 is 12.4 Å². The number of carbonyl (C=O) groups is 1. The third-order valence-corrected chi connectivity index (χ3v) is 5.62. The standard InChI is InChI=1S/C19H14BrF6NO3/c1-30-15-6-13-10(5-14(15)20)4-11(16(13)28)2-9-3-12(8-27-7-9)17(29,18(21,22)23)19(24,25)26/h3,5-8,11,29H,2,4H2,1H3. The number of halogens is 7. The fourth-order valence-corrected chi connectivity index (χ4v) is 4.01. The molecule has 0 saturated carbocycles. The number of benzene rings is 1. The van der Waals surface area contributed by atoms with E-state index in [0.29, 0.717) is 33.6 Å². The highest BCUT2D eigenvalue weighted by atomic mass is 79.9. The lowest BCUT2D eigenvalue weighted by atomic mass is 9.90. The third-order valence-electron chi connectivity index (χ3n) is 5.00. The maximum atomic E-state index is 13.1. The van der Waals surface area contributed by atoms with Gasteiger partial charge in [0.25, 0.3) is 5.60 Å². The maximum Gasteiger partial charge on any atom is 0.430 e. The van der Waals surface area contributed by atoms with Crippen molar-refractivity contribution in [1.29, 1.82) is 0 Å². The first-order chi connectivity index (χ1) is 13.8. The van der Waals surface area contributed by atoms with Crippen LogP contribution in [0.3, 0.4) is 0 Å². The molecule has 0 fully saturated rings. The molecule has 1 heterocycles. The highest BCUT2D eigenvalue weighted by molar-refractivity contribution is 9.10. The van der Waals surface area contributed by atoms with Gasteiger partial charge in [-0.3, -0.25) is 9.78 Å². The minimum atomic E-state index is -6.01. The smallest absolute Gasteiger partial charge is 0.430 e. The molecule has 11 heteroatoms. The van der Waals surface area contributed by atoms with Crippen LogP contribution in [0.25, 0.3) is 0 Å². The summed E-state index contributed by atoms with van der Waals surface area (Å²) in [4.78, 5) is 16.1. The number of fused-ring (bicyclic) bond motifs is 1. The van der Waals surface area contributed by atoms with Gasteiger partial charge in [-0.2, -0.15) is 26.3 Å². The van der Waals surface area contributed by atoms with E-state index in [0.717, 1.165) is 6.20 Å². The average Bonchev–Trinajstić information content (AvgIpc) is 2.93. The molecular weight excluding hydrogens is 484 g/mol. The number of pyridine rings is 1. The van der Waals surface area contributed by atoms with Crippen molar-refractivity contribution < 1.29 is 41.0 Å². The monoisotopic (exact) mass is 497 g/mol. The molecule has 0 aliphatic heterocycles. The lowest BCUT2D eigenvalue weighted by Crippen LogP contribution is -2.54. The van der Waals surface area contributed by atoms with Gasteiger partial charge in [0, 0.05) is 29.4 Å². The number of nitrogens with zero attached hydrogens (tertiary/aromatic N) is 1. The Bertz CT molecular complexity index is 975. The Morgan fingerprint density at radius 1 is 1.13 bits per heavy atom. The number of ketones is 1. The number of hydrogen-bond donors (Lipinski definition) is 1. The summed E-state index contributed by atoms with van der Waals surface area (Å²) in [7, 11) is 1.42. The number of methoxy groups -OCH3 is 1. The van der Waals surface area contributed by atoms with Crippen molar-refractivity contribution in [2.24, 2.45) is 5.92 Å². The summed E-state index contributed by atoms with van der Waals surface area (Å²) in [6.45, 7) is 0. The molecule has 1 aromatic heterocycles. The number of alkyl halides is 6. The second-order valence-corrected chi connectivity index (χ2v) is 7.76. The van der Waals surface area contributed by atoms with Gasteiger partial charge in [0.1, 0.15) is 5.75 Å². The normalized spacial score (nSPS) is 17.2. The van der Waals surface area contributed by atoms with Crippen LogP contribution < -0.4 is 4.74 Å². The van der Waals surface area contributed by atoms with Gasteiger partial charge in [-0.15, -0.1) is 0 Å². The Hall–Kier alpha value is -2.14. The quantitative estimate of drug-likeness (QED) is 0.618. The second kappa shape index (κ2) is 7.52. The number of Topliss-reactive ketones (excluding diaryl/α,β-unsaturated/α-hetero) is 1. The van der Waals surface area contributed by atoms with Crippen LogP contribution >= 0.6 is 15.9 Å². The number of aliphatic hydroxyl groups is 1. The van der Waals surface area contributed by atoms with E-state index in [1.54, 1.807) is 6.07 Å². The minimum Gasteiger partial charge on any atom is -0.496 e. The van der Waals surface area contributed by atoms with E-state index in [2.05, 4.69) is 20.9 Å². The van der Waals surface area contributed by atoms with Crippen LogP contribution in [-0.2, 0) is 18.4 Å². The molecule has 1 aliphatic rings. The van der Waals surface area contributed by atoms with Crippen molar-refractivity contribution in [1.82, 2.24) is 4.98 Å². The van der Waals surface area contributed by atoms with Crippen molar-refractivity contribution in [3.63, 3.8) is 0 Å². The lowest BCUT2D eigenvalue weighted by Gasteiger charge is -2.32. The zero-order valence-corrected chi connectivity index (χ0v) is 16.8. The molecule has 0 bridgehead atoms. The molecule has 0 radical (unpaired) electrons. The molecule has 3 rings (SSSR count). The van der Waals surface area contributed by atoms with Gasteiger partial charge in [-0.25, -0.2) is 0 Å². The minimum absolute atomic E-state index is 0.0309. The first-order valence-electron chi connectivity index (χ1n) is 8.50. The van der Waals surface area contributed by atoms with E-state index in [4.69, 9.17) is 4.74 Å². The zero-order valence-electron chi connectivity index (χ0n) is 15.2. The highest BCUT2D eigenvalue weighted by Crippen LogP contribution is 2.50. The van der Waals surface area contributed by atoms with Gasteiger partial charge < -0.3 is 9.84 Å². The van der Waals surface area contributed by atoms with Crippen LogP contribution in [0.15, 0.2) is 35.1 Å². The molecule has 0 saturated heterocycles. The molecule has 1 aromatic carbocycles. The van der Waals surface area contributed by atoms with E-state index in [1.807, 2.05) is 0 Å². The first-order valence-corrected chi connectivity index (χ1v) is 9.29. The van der Waals surface area contributed by atoms with E-state index < -0.39 is 29.4 Å². The number of ether oxygens (including phenoxy) is 1. The molecule has 2 aromatic rings. The SMILES string of the molecule is COc1cc2c(cc1Br)CC(Cc1cncc(C(O)(C(F)(F)F)C(F)(F)F)c1)C2=O. The second-order valence-electron chi connectivity index (χ2n) is 6.90. The molecular formula is C19H14BrF6NO3. The summed E-state index contributed by atoms with van der Waals surface area (Å²) < 4.78 is 84.4. The van der Waals surface area contributed by atoms with E-state index in [9.17, 15) is 36.2 Å². The van der Waals surface area contributed by atoms with Crippen LogP contribution in [0.5, 0.6) is 5.75 Å². The van der Waals surface area contributed by atoms with Crippen LogP contribution in [0, 0.1) is 5.92 Å². The Morgan fingerprint density at radius 2 is 1.77 bits per heavy atom. The van der Waals surface area contributed by atoms with Crippen LogP contribution in [0.4, 0.5) is 26.3 Å². The summed E-state index contributed by atoms with van der Waals surface area (Å²) in [6.07, 6.45) is -10.5. The average molecular weight is 498 g/mol. The van der Waals surface area contributed by atoms with E-state index in [1.165, 1.54) is 13.2 Å². The summed E-state index contributed by atoms with van der Waals surface area (Å²) in [5.74, 6) is -0.573. The molecule has 1 atom stereocenters. The molecule has 4 nitrogen and oxygen atoms in total. The molecule has 1 aliphatic carbocycles. The van der Waals surface area contributed by atoms with Gasteiger partial charge in [-0.1, -0.05) is 0 Å². The molecule has 30 heavy (non-hydrogen) atoms. The van der Waals surface area contributed by atoms with E-state index in [-0.39, 0.29) is 24.2 Å². The van der Waals surface area contributed by atoms with Gasteiger partial charge in [-0.05, 0) is 58.1 Å². The maximum absolute atomic E-state index is 13.1. The zero-order chi connectivity index (χ0) is 22.5. The van der Waals surface area contributed by atoms with Gasteiger partial charge in [0.15, 0.2) is 5.78 Å². The van der Waals surface area contributed by atoms with Crippen LogP contribution in [0.2, 0.25) is 0 Å².